The molecule has 0 fully saturated rings. The first-order chi connectivity index (χ1) is 20.7. The molecule has 1 aromatic heterocycles. The summed E-state index contributed by atoms with van der Waals surface area (Å²) in [5, 5.41) is 19.8. The predicted octanol–water partition coefficient (Wildman–Crippen LogP) is 7.69. The lowest BCUT2D eigenvalue weighted by Crippen LogP contribution is -2.17. The van der Waals surface area contributed by atoms with Gasteiger partial charge in [-0.3, -0.25) is 4.79 Å². The molecule has 4 aromatic rings. The molecule has 0 radical (unpaired) electrons. The maximum atomic E-state index is 13.6. The fourth-order valence-electron chi connectivity index (χ4n) is 5.08. The van der Waals surface area contributed by atoms with Crippen molar-refractivity contribution in [2.45, 2.75) is 52.0 Å². The van der Waals surface area contributed by atoms with Gasteiger partial charge in [-0.05, 0) is 80.5 Å². The molecule has 2 N–H and O–H groups in total. The lowest BCUT2D eigenvalue weighted by Gasteiger charge is -2.15. The van der Waals surface area contributed by atoms with Gasteiger partial charge in [-0.1, -0.05) is 48.6 Å². The Bertz CT molecular complexity index is 1610. The van der Waals surface area contributed by atoms with Crippen molar-refractivity contribution in [2.75, 3.05) is 13.2 Å². The van der Waals surface area contributed by atoms with Gasteiger partial charge in [0.25, 0.3) is 0 Å². The molecule has 0 aliphatic rings. The average molecular weight is 592 g/mol. The maximum Gasteiger partial charge on any atom is 0.326 e. The molecular formula is C34H35F2NO6. The Hall–Kier alpha value is -4.66. The Morgan fingerprint density at radius 2 is 1.60 bits per heavy atom. The number of carboxylic acids is 2. The summed E-state index contributed by atoms with van der Waals surface area (Å²) in [4.78, 5) is 23.0. The van der Waals surface area contributed by atoms with E-state index in [-0.39, 0.29) is 18.8 Å². The van der Waals surface area contributed by atoms with Crippen LogP contribution >= 0.6 is 0 Å². The number of aromatic nitrogens is 1. The van der Waals surface area contributed by atoms with Gasteiger partial charge in [0.15, 0.2) is 11.6 Å². The van der Waals surface area contributed by atoms with Crippen LogP contribution in [0.4, 0.5) is 8.78 Å². The molecular weight excluding hydrogens is 556 g/mol. The number of nitrogens with zero attached hydrogens (tertiary/aromatic N) is 1. The van der Waals surface area contributed by atoms with Crippen LogP contribution in [-0.2, 0) is 16.0 Å². The van der Waals surface area contributed by atoms with Crippen molar-refractivity contribution in [3.8, 4) is 11.5 Å². The fraction of sp³-hybridized carbons (Fsp3) is 0.294. The molecule has 0 spiro atoms. The molecule has 226 valence electrons. The number of para-hydroxylation sites is 1. The Balaban J connectivity index is 1.40. The zero-order chi connectivity index (χ0) is 30.9. The number of aliphatic carboxylic acids is 2. The lowest BCUT2D eigenvalue weighted by atomic mass is 10.0. The van der Waals surface area contributed by atoms with E-state index in [1.54, 1.807) is 6.92 Å². The van der Waals surface area contributed by atoms with Gasteiger partial charge in [0, 0.05) is 17.5 Å². The van der Waals surface area contributed by atoms with E-state index in [1.165, 1.54) is 12.1 Å². The van der Waals surface area contributed by atoms with Crippen LogP contribution in [0.3, 0.4) is 0 Å². The number of hydrogen-bond donors (Lipinski definition) is 2. The molecule has 9 heteroatoms. The highest BCUT2D eigenvalue weighted by Crippen LogP contribution is 2.34. The smallest absolute Gasteiger partial charge is 0.326 e. The predicted molar refractivity (Wildman–Crippen MR) is 162 cm³/mol. The van der Waals surface area contributed by atoms with E-state index in [1.807, 2.05) is 66.1 Å². The minimum Gasteiger partial charge on any atom is -0.494 e. The largest absolute Gasteiger partial charge is 0.494 e. The number of hydrogen-bond acceptors (Lipinski definition) is 4. The van der Waals surface area contributed by atoms with E-state index in [4.69, 9.17) is 14.6 Å². The first-order valence-corrected chi connectivity index (χ1v) is 14.2. The van der Waals surface area contributed by atoms with Crippen LogP contribution in [0.1, 0.15) is 61.0 Å². The van der Waals surface area contributed by atoms with E-state index in [2.05, 4.69) is 0 Å². The summed E-state index contributed by atoms with van der Waals surface area (Å²) >= 11 is 0. The van der Waals surface area contributed by atoms with Crippen LogP contribution < -0.4 is 9.47 Å². The Kier molecular flexibility index (Phi) is 10.5. The third-order valence-electron chi connectivity index (χ3n) is 7.31. The van der Waals surface area contributed by atoms with Crippen molar-refractivity contribution in [2.24, 2.45) is 0 Å². The van der Waals surface area contributed by atoms with Crippen molar-refractivity contribution < 1.29 is 38.1 Å². The van der Waals surface area contributed by atoms with Gasteiger partial charge in [0.2, 0.25) is 5.82 Å². The van der Waals surface area contributed by atoms with Crippen LogP contribution in [0.25, 0.3) is 23.1 Å². The van der Waals surface area contributed by atoms with Crippen molar-refractivity contribution in [3.05, 3.63) is 94.7 Å². The second-order valence-electron chi connectivity index (χ2n) is 10.3. The molecule has 4 rings (SSSR count). The van der Waals surface area contributed by atoms with Gasteiger partial charge in [-0.15, -0.1) is 0 Å². The normalized spacial score (nSPS) is 12.1. The van der Waals surface area contributed by atoms with Gasteiger partial charge < -0.3 is 24.3 Å². The third kappa shape index (κ3) is 7.80. The van der Waals surface area contributed by atoms with Crippen molar-refractivity contribution in [1.29, 1.82) is 0 Å². The number of aryl methyl sites for hydroxylation is 1. The van der Waals surface area contributed by atoms with Crippen LogP contribution in [-0.4, -0.2) is 39.9 Å². The van der Waals surface area contributed by atoms with Gasteiger partial charge in [-0.2, -0.15) is 4.39 Å². The summed E-state index contributed by atoms with van der Waals surface area (Å²) < 4.78 is 39.8. The van der Waals surface area contributed by atoms with E-state index in [0.717, 1.165) is 39.4 Å². The third-order valence-corrected chi connectivity index (χ3v) is 7.31. The summed E-state index contributed by atoms with van der Waals surface area (Å²) in [5.74, 6) is -3.13. The number of carbonyl (C=O) groups is 2. The molecule has 1 heterocycles. The van der Waals surface area contributed by atoms with Crippen LogP contribution in [0.5, 0.6) is 11.5 Å². The summed E-state index contributed by atoms with van der Waals surface area (Å²) in [6.07, 6.45) is 6.25. The summed E-state index contributed by atoms with van der Waals surface area (Å²) in [5.41, 5.74) is 4.39. The lowest BCUT2D eigenvalue weighted by molar-refractivity contribution is -0.140. The fourth-order valence-corrected chi connectivity index (χ4v) is 5.08. The number of fused-ring (bicyclic) bond motifs is 1. The van der Waals surface area contributed by atoms with Crippen LogP contribution in [0, 0.1) is 18.6 Å². The minimum absolute atomic E-state index is 0.0477. The van der Waals surface area contributed by atoms with Gasteiger partial charge in [-0.25, -0.2) is 9.18 Å². The molecule has 1 atom stereocenters. The van der Waals surface area contributed by atoms with Crippen LogP contribution in [0.15, 0.2) is 60.7 Å². The first kappa shape index (κ1) is 31.3. The minimum atomic E-state index is -0.985. The molecule has 0 saturated carbocycles. The zero-order valence-electron chi connectivity index (χ0n) is 24.2. The number of ether oxygens (including phenoxy) is 2. The monoisotopic (exact) mass is 591 g/mol. The zero-order valence-corrected chi connectivity index (χ0v) is 24.2. The molecule has 1 unspecified atom stereocenters. The van der Waals surface area contributed by atoms with E-state index < -0.39 is 29.6 Å². The summed E-state index contributed by atoms with van der Waals surface area (Å²) in [7, 11) is 0. The SMILES string of the molecule is Cc1c(CCCC(=O)O)c2cccc(/C=C/c3ccc(OCCCCOc4cccc(F)c4F)cc3)c2n1C(C)C(=O)O. The summed E-state index contributed by atoms with van der Waals surface area (Å²) in [6.45, 7) is 4.22. The molecule has 0 aliphatic carbocycles. The number of halogens is 2. The number of benzene rings is 3. The van der Waals surface area contributed by atoms with E-state index in [9.17, 15) is 23.5 Å². The molecule has 0 saturated heterocycles. The highest BCUT2D eigenvalue weighted by atomic mass is 19.2. The number of rotatable bonds is 15. The molecule has 7 nitrogen and oxygen atoms in total. The van der Waals surface area contributed by atoms with E-state index in [0.29, 0.717) is 38.0 Å². The molecule has 0 amide bonds. The van der Waals surface area contributed by atoms with Crippen molar-refractivity contribution in [1.82, 2.24) is 4.57 Å². The van der Waals surface area contributed by atoms with Crippen LogP contribution in [0.2, 0.25) is 0 Å². The Morgan fingerprint density at radius 3 is 2.30 bits per heavy atom. The molecule has 3 aromatic carbocycles. The second kappa shape index (κ2) is 14.5. The number of carboxylic acid groups (broad SMARTS) is 2. The topological polar surface area (TPSA) is 98.0 Å². The summed E-state index contributed by atoms with van der Waals surface area (Å²) in [6, 6.07) is 16.4. The molecule has 43 heavy (non-hydrogen) atoms. The highest BCUT2D eigenvalue weighted by Gasteiger charge is 2.23. The van der Waals surface area contributed by atoms with Gasteiger partial charge in [0.1, 0.15) is 11.8 Å². The highest BCUT2D eigenvalue weighted by molar-refractivity contribution is 5.95. The average Bonchev–Trinajstić information content (AvgIpc) is 3.27. The molecule has 0 aliphatic heterocycles. The quantitative estimate of drug-likeness (QED) is 0.109. The Morgan fingerprint density at radius 1 is 0.907 bits per heavy atom. The first-order valence-electron chi connectivity index (χ1n) is 14.2. The van der Waals surface area contributed by atoms with E-state index >= 15 is 0 Å². The van der Waals surface area contributed by atoms with Crippen molar-refractivity contribution in [3.63, 3.8) is 0 Å². The Labute approximate surface area is 249 Å². The van der Waals surface area contributed by atoms with Gasteiger partial charge >= 0.3 is 11.9 Å². The second-order valence-corrected chi connectivity index (χ2v) is 10.3. The van der Waals surface area contributed by atoms with Gasteiger partial charge in [0.05, 0.1) is 18.7 Å². The maximum absolute atomic E-state index is 13.6. The number of unbranched alkanes of at least 4 members (excludes halogenated alkanes) is 1. The molecule has 0 bridgehead atoms. The standard InChI is InChI=1S/C34H35F2NO6/c1-22-27(9-6-13-31(38)39)28-10-5-8-25(33(28)37(22)23(2)34(40)41)17-14-24-15-18-26(19-16-24)42-20-3-4-21-43-30-12-7-11-29(35)32(30)36/h5,7-8,10-12,14-19,23H,3-4,6,9,13,20-21H2,1-2H3,(H,38,39)(H,40,41)/b17-14+. The van der Waals surface area contributed by atoms with Crippen molar-refractivity contribution >= 4 is 35.0 Å².